The topological polar surface area (TPSA) is 78.1 Å². The monoisotopic (exact) mass is 367 g/mol. The number of ether oxygens (including phenoxy) is 2. The van der Waals surface area contributed by atoms with Crippen LogP contribution >= 0.6 is 0 Å². The van der Waals surface area contributed by atoms with E-state index in [1.165, 1.54) is 6.42 Å². The van der Waals surface area contributed by atoms with E-state index in [2.05, 4.69) is 40.1 Å². The van der Waals surface area contributed by atoms with Crippen LogP contribution in [-0.2, 0) is 14.3 Å². The van der Waals surface area contributed by atoms with Crippen LogP contribution in [0.25, 0.3) is 0 Å². The minimum atomic E-state index is -0.0543. The van der Waals surface area contributed by atoms with Crippen molar-refractivity contribution in [1.29, 1.82) is 0 Å². The van der Waals surface area contributed by atoms with Gasteiger partial charge in [-0.15, -0.1) is 0 Å². The molecule has 8 nitrogen and oxygen atoms in total. The first-order valence-electron chi connectivity index (χ1n) is 10.1. The minimum Gasteiger partial charge on any atom is -0.353 e. The fourth-order valence-electron chi connectivity index (χ4n) is 4.87. The fraction of sp³-hybridized carbons (Fsp3) is 0.944. The fourth-order valence-corrected chi connectivity index (χ4v) is 4.87. The van der Waals surface area contributed by atoms with Crippen LogP contribution in [0.3, 0.4) is 0 Å². The van der Waals surface area contributed by atoms with Crippen LogP contribution in [0.2, 0.25) is 0 Å². The first-order valence-corrected chi connectivity index (χ1v) is 10.1. The molecule has 0 aromatic heterocycles. The molecule has 4 fully saturated rings. The third kappa shape index (κ3) is 3.90. The molecule has 2 saturated carbocycles. The van der Waals surface area contributed by atoms with Crippen molar-refractivity contribution in [1.82, 2.24) is 26.0 Å². The summed E-state index contributed by atoms with van der Waals surface area (Å²) < 4.78 is 11.3. The second-order valence-electron chi connectivity index (χ2n) is 8.34. The lowest BCUT2D eigenvalue weighted by molar-refractivity contribution is -0.132. The molecule has 4 rings (SSSR count). The number of amides is 1. The lowest BCUT2D eigenvalue weighted by atomic mass is 9.83. The molecule has 0 aromatic carbocycles. The van der Waals surface area contributed by atoms with E-state index in [-0.39, 0.29) is 36.4 Å². The Balaban J connectivity index is 1.30. The summed E-state index contributed by atoms with van der Waals surface area (Å²) in [5, 5.41) is 9.09. The van der Waals surface area contributed by atoms with Crippen molar-refractivity contribution < 1.29 is 14.3 Å². The van der Waals surface area contributed by atoms with Gasteiger partial charge in [0, 0.05) is 12.1 Å². The van der Waals surface area contributed by atoms with Crippen molar-refractivity contribution >= 4 is 5.91 Å². The molecule has 148 valence electrons. The van der Waals surface area contributed by atoms with Crippen LogP contribution in [0.15, 0.2) is 0 Å². The first kappa shape index (κ1) is 18.6. The van der Waals surface area contributed by atoms with Gasteiger partial charge in [-0.05, 0) is 59.0 Å². The number of carbonyl (C=O) groups is 1. The summed E-state index contributed by atoms with van der Waals surface area (Å²) in [6, 6.07) is 0.709. The van der Waals surface area contributed by atoms with Crippen LogP contribution in [0.4, 0.5) is 0 Å². The highest BCUT2D eigenvalue weighted by atomic mass is 16.7. The van der Waals surface area contributed by atoms with Gasteiger partial charge in [-0.2, -0.15) is 0 Å². The van der Waals surface area contributed by atoms with Gasteiger partial charge in [0.05, 0.1) is 24.8 Å². The van der Waals surface area contributed by atoms with Crippen molar-refractivity contribution in [2.75, 3.05) is 27.6 Å². The van der Waals surface area contributed by atoms with Gasteiger partial charge in [-0.25, -0.2) is 10.4 Å². The Kier molecular flexibility index (Phi) is 5.78. The normalized spacial score (nSPS) is 41.3. The van der Waals surface area contributed by atoms with Gasteiger partial charge in [-0.1, -0.05) is 0 Å². The molecule has 0 bridgehead atoms. The van der Waals surface area contributed by atoms with Gasteiger partial charge in [-0.3, -0.25) is 15.0 Å². The van der Waals surface area contributed by atoms with E-state index >= 15 is 0 Å². The predicted molar refractivity (Wildman–Crippen MR) is 96.6 cm³/mol. The summed E-state index contributed by atoms with van der Waals surface area (Å²) in [6.45, 7) is 1.18. The number of nitrogens with zero attached hydrogens (tertiary/aromatic N) is 2. The summed E-state index contributed by atoms with van der Waals surface area (Å²) in [7, 11) is 4.12. The second-order valence-corrected chi connectivity index (χ2v) is 8.34. The Labute approximate surface area is 155 Å². The SMILES string of the molecule is CN(C)C1NCN(C2CCCC(NC(=O)C3CCCC4OCOC43)C2)N1. The van der Waals surface area contributed by atoms with Crippen molar-refractivity contribution in [2.45, 2.75) is 75.5 Å². The van der Waals surface area contributed by atoms with Crippen LogP contribution in [0.1, 0.15) is 44.9 Å². The smallest absolute Gasteiger partial charge is 0.226 e. The van der Waals surface area contributed by atoms with Crippen molar-refractivity contribution in [2.24, 2.45) is 5.92 Å². The Morgan fingerprint density at radius 3 is 2.81 bits per heavy atom. The highest BCUT2D eigenvalue weighted by Gasteiger charge is 2.43. The zero-order valence-electron chi connectivity index (χ0n) is 15.9. The van der Waals surface area contributed by atoms with E-state index in [0.29, 0.717) is 12.8 Å². The van der Waals surface area contributed by atoms with Gasteiger partial charge in [0.1, 0.15) is 13.1 Å². The number of carbonyl (C=O) groups excluding carboxylic acids is 1. The lowest BCUT2D eigenvalue weighted by Crippen LogP contribution is -2.53. The van der Waals surface area contributed by atoms with Crippen LogP contribution in [0.5, 0.6) is 0 Å². The Morgan fingerprint density at radius 1 is 1.15 bits per heavy atom. The summed E-state index contributed by atoms with van der Waals surface area (Å²) in [5.74, 6) is 0.107. The van der Waals surface area contributed by atoms with Crippen molar-refractivity contribution in [3.8, 4) is 0 Å². The van der Waals surface area contributed by atoms with Crippen LogP contribution < -0.4 is 16.1 Å². The largest absolute Gasteiger partial charge is 0.353 e. The molecular weight excluding hydrogens is 334 g/mol. The van der Waals surface area contributed by atoms with Gasteiger partial charge in [0.25, 0.3) is 0 Å². The van der Waals surface area contributed by atoms with Gasteiger partial charge in [0.15, 0.2) is 0 Å². The summed E-state index contributed by atoms with van der Waals surface area (Å²) >= 11 is 0. The average Bonchev–Trinajstić information content (AvgIpc) is 3.31. The molecule has 2 heterocycles. The molecule has 2 saturated heterocycles. The van der Waals surface area contributed by atoms with Crippen molar-refractivity contribution in [3.05, 3.63) is 0 Å². The highest BCUT2D eigenvalue weighted by molar-refractivity contribution is 5.79. The number of rotatable bonds is 4. The van der Waals surface area contributed by atoms with E-state index in [1.54, 1.807) is 0 Å². The molecule has 6 unspecified atom stereocenters. The Bertz CT molecular complexity index is 505. The molecule has 1 amide bonds. The second kappa shape index (κ2) is 8.08. The molecule has 8 heteroatoms. The molecule has 6 atom stereocenters. The molecule has 26 heavy (non-hydrogen) atoms. The molecule has 0 spiro atoms. The number of hydrogen-bond acceptors (Lipinski definition) is 7. The maximum atomic E-state index is 12.9. The van der Waals surface area contributed by atoms with Crippen LogP contribution in [0, 0.1) is 5.92 Å². The van der Waals surface area contributed by atoms with E-state index in [9.17, 15) is 4.79 Å². The van der Waals surface area contributed by atoms with Crippen LogP contribution in [-0.4, -0.2) is 74.0 Å². The summed E-state index contributed by atoms with van der Waals surface area (Å²) in [5.41, 5.74) is 3.53. The van der Waals surface area contributed by atoms with Gasteiger partial charge < -0.3 is 14.8 Å². The predicted octanol–water partition coefficient (Wildman–Crippen LogP) is 0.168. The summed E-state index contributed by atoms with van der Waals surface area (Å²) in [6.07, 6.45) is 7.61. The van der Waals surface area contributed by atoms with Gasteiger partial charge in [0.2, 0.25) is 5.91 Å². The molecule has 4 aliphatic rings. The Morgan fingerprint density at radius 2 is 2.00 bits per heavy atom. The molecule has 0 aromatic rings. The summed E-state index contributed by atoms with van der Waals surface area (Å²) in [4.78, 5) is 15.0. The number of hydrogen-bond donors (Lipinski definition) is 3. The Hall–Kier alpha value is -0.770. The molecule has 3 N–H and O–H groups in total. The van der Waals surface area contributed by atoms with Gasteiger partial charge >= 0.3 is 0 Å². The van der Waals surface area contributed by atoms with Crippen molar-refractivity contribution in [3.63, 3.8) is 0 Å². The van der Waals surface area contributed by atoms with E-state index in [0.717, 1.165) is 45.2 Å². The molecule has 0 radical (unpaired) electrons. The highest BCUT2D eigenvalue weighted by Crippen LogP contribution is 2.33. The van der Waals surface area contributed by atoms with E-state index in [4.69, 9.17) is 9.47 Å². The number of fused-ring (bicyclic) bond motifs is 1. The third-order valence-corrected chi connectivity index (χ3v) is 6.34. The first-order chi connectivity index (χ1) is 12.6. The number of hydrazine groups is 1. The van der Waals surface area contributed by atoms with E-state index in [1.807, 2.05) is 0 Å². The maximum Gasteiger partial charge on any atom is 0.226 e. The third-order valence-electron chi connectivity index (χ3n) is 6.34. The zero-order chi connectivity index (χ0) is 18.1. The molecule has 2 aliphatic carbocycles. The standard InChI is InChI=1S/C18H33N5O3/c1-22(2)18-19-10-23(21-18)13-6-3-5-12(9-13)20-17(24)14-7-4-8-15-16(14)26-11-25-15/h12-16,18-19,21H,3-11H2,1-2H3,(H,20,24). The quantitative estimate of drug-likeness (QED) is 0.654. The maximum absolute atomic E-state index is 12.9. The average molecular weight is 367 g/mol. The lowest BCUT2D eigenvalue weighted by Gasteiger charge is -2.37. The molecular formula is C18H33N5O3. The number of nitrogens with one attached hydrogen (secondary N) is 3. The molecule has 2 aliphatic heterocycles. The minimum absolute atomic E-state index is 0.0477. The zero-order valence-corrected chi connectivity index (χ0v) is 15.9. The van der Waals surface area contributed by atoms with E-state index < -0.39 is 0 Å².